The van der Waals surface area contributed by atoms with Crippen LogP contribution in [0.5, 0.6) is 0 Å². The van der Waals surface area contributed by atoms with Crippen LogP contribution in [0.3, 0.4) is 0 Å². The summed E-state index contributed by atoms with van der Waals surface area (Å²) in [5.74, 6) is 7.48. The molecule has 14 nitrogen and oxygen atoms in total. The Bertz CT molecular complexity index is 2150. The zero-order chi connectivity index (χ0) is 40.3. The van der Waals surface area contributed by atoms with Gasteiger partial charge in [0, 0.05) is 23.8 Å². The van der Waals surface area contributed by atoms with Crippen molar-refractivity contribution >= 4 is 43.1 Å². The number of hydrogen-bond donors (Lipinski definition) is 4. The van der Waals surface area contributed by atoms with Crippen molar-refractivity contribution in [2.75, 3.05) is 26.9 Å². The molecule has 2 aliphatic rings. The minimum Gasteiger partial charge on any atom is -0.453 e. The fourth-order valence-electron chi connectivity index (χ4n) is 7.61. The van der Waals surface area contributed by atoms with Gasteiger partial charge in [0.2, 0.25) is 11.8 Å². The molecule has 6 rings (SSSR count). The predicted molar refractivity (Wildman–Crippen MR) is 215 cm³/mol. The van der Waals surface area contributed by atoms with Crippen molar-refractivity contribution in [3.63, 3.8) is 0 Å². The molecular formula is C41H52N8O6Si. The number of imidazole rings is 2. The summed E-state index contributed by atoms with van der Waals surface area (Å²) in [6, 6.07) is 12.8. The molecule has 2 fully saturated rings. The molecule has 4 aromatic rings. The van der Waals surface area contributed by atoms with E-state index in [0.717, 1.165) is 58.1 Å². The van der Waals surface area contributed by atoms with Crippen LogP contribution in [0.2, 0.25) is 19.1 Å². The molecule has 296 valence electrons. The Morgan fingerprint density at radius 3 is 2.05 bits per heavy atom. The van der Waals surface area contributed by atoms with Gasteiger partial charge in [-0.1, -0.05) is 64.8 Å². The van der Waals surface area contributed by atoms with Crippen LogP contribution in [0.4, 0.5) is 9.59 Å². The number of rotatable bonds is 9. The van der Waals surface area contributed by atoms with Crippen molar-refractivity contribution in [3.8, 4) is 23.1 Å². The Kier molecular flexibility index (Phi) is 11.9. The number of aromatic amines is 2. The molecule has 4 unspecified atom stereocenters. The van der Waals surface area contributed by atoms with Crippen molar-refractivity contribution < 1.29 is 28.7 Å². The number of carbonyl (C=O) groups is 4. The third-order valence-electron chi connectivity index (χ3n) is 10.6. The number of fused-ring (bicyclic) bond motifs is 1. The zero-order valence-corrected chi connectivity index (χ0v) is 34.4. The van der Waals surface area contributed by atoms with Crippen molar-refractivity contribution in [1.82, 2.24) is 40.4 Å². The maximum atomic E-state index is 13.9. The van der Waals surface area contributed by atoms with Crippen LogP contribution in [0, 0.1) is 23.7 Å². The molecule has 4 atom stereocenters. The van der Waals surface area contributed by atoms with Crippen LogP contribution in [0.25, 0.3) is 22.3 Å². The summed E-state index contributed by atoms with van der Waals surface area (Å²) >= 11 is 0. The number of carbonyl (C=O) groups excluding carboxylic acids is 4. The Hall–Kier alpha value is -5.62. The quantitative estimate of drug-likeness (QED) is 0.120. The second kappa shape index (κ2) is 16.6. The Morgan fingerprint density at radius 1 is 0.821 bits per heavy atom. The summed E-state index contributed by atoms with van der Waals surface area (Å²) in [7, 11) is 0.822. The first-order valence-electron chi connectivity index (χ1n) is 19.1. The summed E-state index contributed by atoms with van der Waals surface area (Å²) < 4.78 is 9.55. The van der Waals surface area contributed by atoms with Crippen LogP contribution in [0.15, 0.2) is 48.7 Å². The second-order valence-corrected chi connectivity index (χ2v) is 21.2. The molecule has 56 heavy (non-hydrogen) atoms. The molecule has 4 heterocycles. The highest BCUT2D eigenvalue weighted by atomic mass is 28.3. The van der Waals surface area contributed by atoms with E-state index in [1.807, 2.05) is 75.1 Å². The fourth-order valence-corrected chi connectivity index (χ4v) is 10.5. The van der Waals surface area contributed by atoms with E-state index in [9.17, 15) is 19.2 Å². The minimum atomic E-state index is -1.76. The van der Waals surface area contributed by atoms with E-state index in [-0.39, 0.29) is 35.7 Å². The number of aromatic nitrogens is 4. The van der Waals surface area contributed by atoms with Crippen LogP contribution in [0.1, 0.15) is 75.4 Å². The highest BCUT2D eigenvalue weighted by Crippen LogP contribution is 2.38. The molecule has 0 radical (unpaired) electrons. The number of H-pyrrole nitrogens is 2. The molecule has 4 amide bonds. The molecule has 2 aliphatic heterocycles. The SMILES string of the molecule is COC(=O)NC(C(=O)N1CCCC1c1ncc(-c2ccc(C#Cc3ccc4nc(C5C[Si](C)(C)CN5C(=O)C(NC(=O)OC)C(C)C)[nH]c4c3)cc2)[nH]1)C(C)C. The van der Waals surface area contributed by atoms with Gasteiger partial charge in [-0.25, -0.2) is 19.6 Å². The standard InChI is InChI=1S/C41H52N8O6Si/c1-24(2)34(46-40(52)54-5)38(50)48-19-9-10-32(48)36-42-21-31(45-36)28-16-13-26(14-17-28)11-12-27-15-18-29-30(20-27)44-37(43-29)33-22-56(7,8)23-49(33)39(51)35(25(3)4)47-41(53)55-6/h13-18,20-21,24-25,32-35H,9-10,19,22-23H2,1-8H3,(H,42,45)(H,43,44)(H,46,52)(H,47,53). The van der Waals surface area contributed by atoms with Crippen molar-refractivity contribution in [1.29, 1.82) is 0 Å². The first-order valence-corrected chi connectivity index (χ1v) is 22.6. The summed E-state index contributed by atoms with van der Waals surface area (Å²) in [6.07, 6.45) is 2.81. The lowest BCUT2D eigenvalue weighted by molar-refractivity contribution is -0.136. The minimum absolute atomic E-state index is 0.110. The lowest BCUT2D eigenvalue weighted by Crippen LogP contribution is -2.52. The van der Waals surface area contributed by atoms with Gasteiger partial charge in [-0.15, -0.1) is 0 Å². The van der Waals surface area contributed by atoms with Crippen molar-refractivity contribution in [2.45, 2.75) is 83.8 Å². The largest absolute Gasteiger partial charge is 0.453 e. The number of nitrogens with one attached hydrogen (secondary N) is 4. The maximum absolute atomic E-state index is 13.9. The Morgan fingerprint density at radius 2 is 1.43 bits per heavy atom. The molecule has 0 aliphatic carbocycles. The van der Waals surface area contributed by atoms with Crippen LogP contribution >= 0.6 is 0 Å². The summed E-state index contributed by atoms with van der Waals surface area (Å²) in [6.45, 7) is 12.7. The fraction of sp³-hybridized carbons (Fsp3) is 0.463. The van der Waals surface area contributed by atoms with Crippen molar-refractivity contribution in [2.24, 2.45) is 11.8 Å². The van der Waals surface area contributed by atoms with Gasteiger partial charge in [-0.05, 0) is 66.6 Å². The molecule has 2 aromatic heterocycles. The lowest BCUT2D eigenvalue weighted by atomic mass is 10.0. The zero-order valence-electron chi connectivity index (χ0n) is 33.4. The molecule has 2 aromatic carbocycles. The van der Waals surface area contributed by atoms with E-state index in [4.69, 9.17) is 14.5 Å². The topological polar surface area (TPSA) is 175 Å². The van der Waals surface area contributed by atoms with E-state index in [0.29, 0.717) is 18.5 Å². The first kappa shape index (κ1) is 40.1. The molecule has 15 heteroatoms. The maximum Gasteiger partial charge on any atom is 0.407 e. The van der Waals surface area contributed by atoms with Gasteiger partial charge in [0.25, 0.3) is 0 Å². The van der Waals surface area contributed by atoms with Gasteiger partial charge < -0.3 is 39.9 Å². The second-order valence-electron chi connectivity index (χ2n) is 16.1. The van der Waals surface area contributed by atoms with E-state index in [1.165, 1.54) is 14.2 Å². The molecule has 2 saturated heterocycles. The summed E-state index contributed by atoms with van der Waals surface area (Å²) in [5.41, 5.74) is 5.07. The van der Waals surface area contributed by atoms with Crippen molar-refractivity contribution in [3.05, 3.63) is 71.4 Å². The van der Waals surface area contributed by atoms with E-state index >= 15 is 0 Å². The highest BCUT2D eigenvalue weighted by Gasteiger charge is 2.46. The highest BCUT2D eigenvalue weighted by molar-refractivity contribution is 6.78. The molecular weight excluding hydrogens is 729 g/mol. The Labute approximate surface area is 328 Å². The van der Waals surface area contributed by atoms with Gasteiger partial charge in [-0.3, -0.25) is 9.59 Å². The van der Waals surface area contributed by atoms with Gasteiger partial charge >= 0.3 is 12.2 Å². The predicted octanol–water partition coefficient (Wildman–Crippen LogP) is 5.91. The van der Waals surface area contributed by atoms with Crippen LogP contribution < -0.4 is 10.6 Å². The van der Waals surface area contributed by atoms with Gasteiger partial charge in [-0.2, -0.15) is 0 Å². The monoisotopic (exact) mass is 780 g/mol. The Balaban J connectivity index is 1.14. The number of nitrogens with zero attached hydrogens (tertiary/aromatic N) is 4. The van der Waals surface area contributed by atoms with E-state index in [2.05, 4.69) is 50.5 Å². The number of likely N-dealkylation sites (tertiary alicyclic amines) is 1. The van der Waals surface area contributed by atoms with Gasteiger partial charge in [0.05, 0.1) is 57.3 Å². The lowest BCUT2D eigenvalue weighted by Gasteiger charge is -2.30. The average Bonchev–Trinajstić information content (AvgIpc) is 3.99. The van der Waals surface area contributed by atoms with Crippen LogP contribution in [-0.4, -0.2) is 101 Å². The normalized spacial score (nSPS) is 18.8. The summed E-state index contributed by atoms with van der Waals surface area (Å²) in [5, 5.41) is 5.42. The van der Waals surface area contributed by atoms with Gasteiger partial charge in [0.15, 0.2) is 0 Å². The summed E-state index contributed by atoms with van der Waals surface area (Å²) in [4.78, 5) is 71.5. The number of benzene rings is 2. The van der Waals surface area contributed by atoms with E-state index < -0.39 is 32.3 Å². The third-order valence-corrected chi connectivity index (χ3v) is 13.3. The first-order chi connectivity index (χ1) is 26.7. The number of amides is 4. The van der Waals surface area contributed by atoms with E-state index in [1.54, 1.807) is 11.1 Å². The number of ether oxygens (including phenoxy) is 2. The van der Waals surface area contributed by atoms with Crippen LogP contribution in [-0.2, 0) is 19.1 Å². The number of alkyl carbamates (subject to hydrolysis) is 2. The molecule has 4 N–H and O–H groups in total. The molecule has 0 spiro atoms. The average molecular weight is 781 g/mol. The van der Waals surface area contributed by atoms with Gasteiger partial charge in [0.1, 0.15) is 23.7 Å². The number of hydrogen-bond acceptors (Lipinski definition) is 8. The smallest absolute Gasteiger partial charge is 0.407 e. The molecule has 0 bridgehead atoms. The third kappa shape index (κ3) is 8.75. The number of methoxy groups -OCH3 is 2. The molecule has 0 saturated carbocycles.